The quantitative estimate of drug-likeness (QED) is 0.263. The number of rotatable bonds is 13. The Balaban J connectivity index is 1.91. The van der Waals surface area contributed by atoms with E-state index in [9.17, 15) is 4.79 Å². The lowest BCUT2D eigenvalue weighted by Gasteiger charge is -2.15. The Kier molecular flexibility index (Phi) is 9.99. The molecule has 0 amide bonds. The summed E-state index contributed by atoms with van der Waals surface area (Å²) < 4.78 is 12.7. The Bertz CT molecular complexity index is 686. The van der Waals surface area contributed by atoms with E-state index in [1.165, 1.54) is 37.7 Å². The van der Waals surface area contributed by atoms with Crippen LogP contribution in [-0.2, 0) is 6.42 Å². The zero-order valence-corrected chi connectivity index (χ0v) is 17.7. The van der Waals surface area contributed by atoms with Crippen LogP contribution in [0.5, 0.6) is 11.5 Å². The molecular weight excluding hydrogens is 404 g/mol. The van der Waals surface area contributed by atoms with Crippen LogP contribution in [0.15, 0.2) is 46.9 Å². The number of hydrogen-bond donors (Lipinski definition) is 0. The fourth-order valence-electron chi connectivity index (χ4n) is 2.88. The van der Waals surface area contributed by atoms with E-state index in [-0.39, 0.29) is 0 Å². The van der Waals surface area contributed by atoms with Crippen molar-refractivity contribution in [3.05, 3.63) is 58.1 Å². The molecule has 0 aliphatic heterocycles. The van der Waals surface area contributed by atoms with Crippen molar-refractivity contribution in [2.45, 2.75) is 51.9 Å². The molecule has 3 nitrogen and oxygen atoms in total. The summed E-state index contributed by atoms with van der Waals surface area (Å²) >= 11 is 3.52. The molecule has 0 atom stereocenters. The van der Waals surface area contributed by atoms with E-state index in [4.69, 9.17) is 9.47 Å². The standard InChI is InChI=1S/C23H29BrO3/c1-2-3-4-5-6-10-14-27-23-21(24)16-20(18-25)17-22(23)26-15-13-19-11-8-7-9-12-19/h7-9,11-12,16-18H,2-6,10,13-15H2,1H3. The van der Waals surface area contributed by atoms with Gasteiger partial charge in [0.2, 0.25) is 0 Å². The minimum absolute atomic E-state index is 0.534. The summed E-state index contributed by atoms with van der Waals surface area (Å²) in [5.41, 5.74) is 1.79. The molecule has 146 valence electrons. The molecule has 0 aromatic heterocycles. The first kappa shape index (κ1) is 21.5. The Morgan fingerprint density at radius 1 is 0.926 bits per heavy atom. The van der Waals surface area contributed by atoms with Crippen LogP contribution >= 0.6 is 15.9 Å². The Labute approximate surface area is 171 Å². The monoisotopic (exact) mass is 432 g/mol. The Morgan fingerprint density at radius 3 is 2.41 bits per heavy atom. The van der Waals surface area contributed by atoms with Crippen molar-refractivity contribution in [2.75, 3.05) is 13.2 Å². The van der Waals surface area contributed by atoms with Gasteiger partial charge in [-0.1, -0.05) is 69.4 Å². The fraction of sp³-hybridized carbons (Fsp3) is 0.435. The van der Waals surface area contributed by atoms with Gasteiger partial charge in [0.1, 0.15) is 6.29 Å². The second kappa shape index (κ2) is 12.6. The van der Waals surface area contributed by atoms with E-state index in [2.05, 4.69) is 35.0 Å². The van der Waals surface area contributed by atoms with E-state index in [0.29, 0.717) is 30.3 Å². The summed E-state index contributed by atoms with van der Waals surface area (Å²) in [6.07, 6.45) is 8.94. The van der Waals surface area contributed by atoms with Crippen molar-refractivity contribution in [1.29, 1.82) is 0 Å². The third-order valence-corrected chi connectivity index (χ3v) is 4.99. The number of hydrogen-bond acceptors (Lipinski definition) is 3. The lowest BCUT2D eigenvalue weighted by molar-refractivity contribution is 0.112. The van der Waals surface area contributed by atoms with Crippen LogP contribution < -0.4 is 9.47 Å². The second-order valence-electron chi connectivity index (χ2n) is 6.65. The van der Waals surface area contributed by atoms with Gasteiger partial charge in [-0.25, -0.2) is 0 Å². The molecule has 0 radical (unpaired) electrons. The lowest BCUT2D eigenvalue weighted by atomic mass is 10.1. The summed E-state index contributed by atoms with van der Waals surface area (Å²) in [4.78, 5) is 11.2. The van der Waals surface area contributed by atoms with E-state index < -0.39 is 0 Å². The van der Waals surface area contributed by atoms with Crippen LogP contribution in [0, 0.1) is 0 Å². The van der Waals surface area contributed by atoms with Crippen LogP contribution in [0.1, 0.15) is 61.4 Å². The van der Waals surface area contributed by atoms with Gasteiger partial charge in [-0.15, -0.1) is 0 Å². The first-order valence-corrected chi connectivity index (χ1v) is 10.6. The molecule has 0 saturated carbocycles. The highest BCUT2D eigenvalue weighted by Crippen LogP contribution is 2.37. The van der Waals surface area contributed by atoms with Crippen LogP contribution in [0.3, 0.4) is 0 Å². The Hall–Kier alpha value is -1.81. The predicted molar refractivity (Wildman–Crippen MR) is 114 cm³/mol. The van der Waals surface area contributed by atoms with E-state index in [1.807, 2.05) is 18.2 Å². The van der Waals surface area contributed by atoms with Crippen molar-refractivity contribution >= 4 is 22.2 Å². The maximum atomic E-state index is 11.2. The topological polar surface area (TPSA) is 35.5 Å². The molecule has 2 aromatic rings. The van der Waals surface area contributed by atoms with E-state index >= 15 is 0 Å². The van der Waals surface area contributed by atoms with Crippen LogP contribution in [0.4, 0.5) is 0 Å². The van der Waals surface area contributed by atoms with Gasteiger partial charge in [0.25, 0.3) is 0 Å². The fourth-order valence-corrected chi connectivity index (χ4v) is 3.46. The number of halogens is 1. The van der Waals surface area contributed by atoms with Crippen molar-refractivity contribution in [3.8, 4) is 11.5 Å². The number of unbranched alkanes of at least 4 members (excludes halogenated alkanes) is 5. The van der Waals surface area contributed by atoms with Gasteiger partial charge >= 0.3 is 0 Å². The zero-order valence-electron chi connectivity index (χ0n) is 16.1. The van der Waals surface area contributed by atoms with Gasteiger partial charge in [-0.2, -0.15) is 0 Å². The largest absolute Gasteiger partial charge is 0.489 e. The van der Waals surface area contributed by atoms with E-state index in [0.717, 1.165) is 23.6 Å². The summed E-state index contributed by atoms with van der Waals surface area (Å²) in [7, 11) is 0. The van der Waals surface area contributed by atoms with Crippen LogP contribution in [0.2, 0.25) is 0 Å². The van der Waals surface area contributed by atoms with Crippen molar-refractivity contribution in [1.82, 2.24) is 0 Å². The highest BCUT2D eigenvalue weighted by atomic mass is 79.9. The minimum atomic E-state index is 0.534. The maximum absolute atomic E-state index is 11.2. The summed E-state index contributed by atoms with van der Waals surface area (Å²) in [6.45, 7) is 3.41. The molecule has 0 N–H and O–H groups in total. The molecule has 0 heterocycles. The Morgan fingerprint density at radius 2 is 1.67 bits per heavy atom. The third kappa shape index (κ3) is 7.76. The number of carbonyl (C=O) groups excluding carboxylic acids is 1. The van der Waals surface area contributed by atoms with Gasteiger partial charge in [-0.05, 0) is 40.0 Å². The zero-order chi connectivity index (χ0) is 19.3. The minimum Gasteiger partial charge on any atom is -0.489 e. The molecule has 0 bridgehead atoms. The van der Waals surface area contributed by atoms with Gasteiger partial charge in [0, 0.05) is 12.0 Å². The van der Waals surface area contributed by atoms with Gasteiger partial charge in [0.15, 0.2) is 11.5 Å². The molecule has 4 heteroatoms. The van der Waals surface area contributed by atoms with Crippen LogP contribution in [0.25, 0.3) is 0 Å². The molecule has 2 aromatic carbocycles. The molecule has 0 aliphatic rings. The average Bonchev–Trinajstić information content (AvgIpc) is 2.69. The summed E-state index contributed by atoms with van der Waals surface area (Å²) in [6, 6.07) is 13.7. The van der Waals surface area contributed by atoms with Crippen molar-refractivity contribution in [2.24, 2.45) is 0 Å². The third-order valence-electron chi connectivity index (χ3n) is 4.40. The van der Waals surface area contributed by atoms with Crippen molar-refractivity contribution in [3.63, 3.8) is 0 Å². The molecule has 0 fully saturated rings. The average molecular weight is 433 g/mol. The number of aldehydes is 1. The number of carbonyl (C=O) groups is 1. The second-order valence-corrected chi connectivity index (χ2v) is 7.50. The van der Waals surface area contributed by atoms with Crippen LogP contribution in [-0.4, -0.2) is 19.5 Å². The van der Waals surface area contributed by atoms with Gasteiger partial charge in [0.05, 0.1) is 17.7 Å². The molecule has 0 aliphatic carbocycles. The first-order valence-electron chi connectivity index (χ1n) is 9.83. The molecule has 0 unspecified atom stereocenters. The molecule has 0 spiro atoms. The smallest absolute Gasteiger partial charge is 0.175 e. The molecule has 0 saturated heterocycles. The molecular formula is C23H29BrO3. The normalized spacial score (nSPS) is 10.6. The number of benzene rings is 2. The maximum Gasteiger partial charge on any atom is 0.175 e. The first-order chi connectivity index (χ1) is 13.2. The highest BCUT2D eigenvalue weighted by Gasteiger charge is 2.12. The summed E-state index contributed by atoms with van der Waals surface area (Å²) in [5.74, 6) is 1.30. The van der Waals surface area contributed by atoms with Gasteiger partial charge in [-0.3, -0.25) is 4.79 Å². The SMILES string of the molecule is CCCCCCCCOc1c(Br)cc(C=O)cc1OCCc1ccccc1. The number of ether oxygens (including phenoxy) is 2. The summed E-state index contributed by atoms with van der Waals surface area (Å²) in [5, 5.41) is 0. The lowest BCUT2D eigenvalue weighted by Crippen LogP contribution is -2.06. The van der Waals surface area contributed by atoms with Crippen molar-refractivity contribution < 1.29 is 14.3 Å². The molecule has 27 heavy (non-hydrogen) atoms. The highest BCUT2D eigenvalue weighted by molar-refractivity contribution is 9.10. The van der Waals surface area contributed by atoms with E-state index in [1.54, 1.807) is 12.1 Å². The predicted octanol–water partition coefficient (Wildman–Crippen LogP) is 6.62. The van der Waals surface area contributed by atoms with Gasteiger partial charge < -0.3 is 9.47 Å². The molecule has 2 rings (SSSR count).